The average molecular weight is 544 g/mol. The van der Waals surface area contributed by atoms with Crippen molar-refractivity contribution in [3.05, 3.63) is 24.3 Å². The van der Waals surface area contributed by atoms with E-state index in [2.05, 4.69) is 24.5 Å². The number of unbranched alkanes of at least 4 members (excludes halogenated alkanes) is 4. The summed E-state index contributed by atoms with van der Waals surface area (Å²) in [5, 5.41) is 15.2. The van der Waals surface area contributed by atoms with E-state index in [9.17, 15) is 14.4 Å². The summed E-state index contributed by atoms with van der Waals surface area (Å²) in [4.78, 5) is 43.3. The molecular formula is C30H45N3O6. The van der Waals surface area contributed by atoms with Gasteiger partial charge < -0.3 is 30.1 Å². The number of carbonyl (C=O) groups excluding carboxylic acids is 3. The Labute approximate surface area is 232 Å². The van der Waals surface area contributed by atoms with Crippen LogP contribution in [-0.2, 0) is 19.1 Å². The molecule has 39 heavy (non-hydrogen) atoms. The monoisotopic (exact) mass is 543 g/mol. The quantitative estimate of drug-likeness (QED) is 0.309. The third kappa shape index (κ3) is 5.40. The Kier molecular flexibility index (Phi) is 9.21. The molecule has 3 aliphatic rings. The second-order valence-corrected chi connectivity index (χ2v) is 11.5. The minimum absolute atomic E-state index is 0.00641. The lowest BCUT2D eigenvalue weighted by Gasteiger charge is -2.36. The van der Waals surface area contributed by atoms with Crippen LogP contribution in [0.1, 0.15) is 72.6 Å². The smallest absolute Gasteiger partial charge is 0.245 e. The molecule has 3 saturated heterocycles. The van der Waals surface area contributed by atoms with Gasteiger partial charge in [-0.05, 0) is 69.7 Å². The summed E-state index contributed by atoms with van der Waals surface area (Å²) in [6.07, 6.45) is 5.51. The molecule has 6 atom stereocenters. The number of amides is 3. The van der Waals surface area contributed by atoms with Crippen LogP contribution in [0.2, 0.25) is 0 Å². The Morgan fingerprint density at radius 3 is 2.49 bits per heavy atom. The number of aliphatic hydroxyl groups is 1. The maximum absolute atomic E-state index is 14.1. The van der Waals surface area contributed by atoms with Crippen molar-refractivity contribution < 1.29 is 29.0 Å². The van der Waals surface area contributed by atoms with Crippen molar-refractivity contribution in [3.63, 3.8) is 0 Å². The fourth-order valence-corrected chi connectivity index (χ4v) is 6.93. The number of likely N-dealkylation sites (tertiary alicyclic amines) is 1. The van der Waals surface area contributed by atoms with Crippen molar-refractivity contribution in [1.29, 1.82) is 0 Å². The van der Waals surface area contributed by atoms with Crippen LogP contribution in [0.4, 0.5) is 5.69 Å². The van der Waals surface area contributed by atoms with Gasteiger partial charge >= 0.3 is 0 Å². The summed E-state index contributed by atoms with van der Waals surface area (Å²) in [6.45, 7) is 9.62. The Hall–Kier alpha value is -2.65. The summed E-state index contributed by atoms with van der Waals surface area (Å²) in [5.41, 5.74) is -1.27. The number of aliphatic hydroxyl groups excluding tert-OH is 1. The molecule has 9 heteroatoms. The molecule has 1 aromatic carbocycles. The second-order valence-electron chi connectivity index (χ2n) is 11.5. The predicted molar refractivity (Wildman–Crippen MR) is 148 cm³/mol. The van der Waals surface area contributed by atoms with Crippen molar-refractivity contribution in [2.75, 3.05) is 31.6 Å². The SMILES string of the molecule is CCCCNC(=O)C1N(CCCCCCO)C(=O)[C@@H]2[C@@H](C(=O)Nc3ccc(OCC)cc3)[C@]3(C)OC12CC3C. The molecule has 4 rings (SSSR count). The molecule has 1 aromatic rings. The number of fused-ring (bicyclic) bond motifs is 1. The molecule has 0 aliphatic carbocycles. The number of rotatable bonds is 14. The molecule has 3 amide bonds. The highest BCUT2D eigenvalue weighted by atomic mass is 16.5. The first-order chi connectivity index (χ1) is 18.7. The van der Waals surface area contributed by atoms with E-state index in [1.165, 1.54) is 0 Å². The number of hydrogen-bond acceptors (Lipinski definition) is 6. The summed E-state index contributed by atoms with van der Waals surface area (Å²) in [5.74, 6) is -1.35. The van der Waals surface area contributed by atoms with E-state index in [1.54, 1.807) is 29.2 Å². The van der Waals surface area contributed by atoms with Gasteiger partial charge in [0.1, 0.15) is 17.4 Å². The van der Waals surface area contributed by atoms with Crippen molar-refractivity contribution in [2.24, 2.45) is 17.8 Å². The van der Waals surface area contributed by atoms with Crippen LogP contribution >= 0.6 is 0 Å². The summed E-state index contributed by atoms with van der Waals surface area (Å²) in [6, 6.07) is 6.42. The van der Waals surface area contributed by atoms with Gasteiger partial charge in [0, 0.05) is 25.4 Å². The van der Waals surface area contributed by atoms with Gasteiger partial charge in [-0.15, -0.1) is 0 Å². The summed E-state index contributed by atoms with van der Waals surface area (Å²) in [7, 11) is 0. The summed E-state index contributed by atoms with van der Waals surface area (Å²) >= 11 is 0. The Bertz CT molecular complexity index is 1030. The molecule has 3 fully saturated rings. The zero-order valence-electron chi connectivity index (χ0n) is 23.8. The second kappa shape index (κ2) is 12.3. The maximum Gasteiger partial charge on any atom is 0.245 e. The fraction of sp³-hybridized carbons (Fsp3) is 0.700. The molecule has 3 heterocycles. The van der Waals surface area contributed by atoms with E-state index >= 15 is 0 Å². The first-order valence-electron chi connectivity index (χ1n) is 14.7. The highest BCUT2D eigenvalue weighted by Gasteiger charge is 2.79. The molecule has 0 radical (unpaired) electrons. The van der Waals surface area contributed by atoms with E-state index in [0.29, 0.717) is 38.2 Å². The van der Waals surface area contributed by atoms with Crippen LogP contribution in [0.15, 0.2) is 24.3 Å². The summed E-state index contributed by atoms with van der Waals surface area (Å²) < 4.78 is 12.3. The highest BCUT2D eigenvalue weighted by molar-refractivity contribution is 6.02. The number of carbonyl (C=O) groups is 3. The van der Waals surface area contributed by atoms with Crippen LogP contribution in [0.3, 0.4) is 0 Å². The normalized spacial score (nSPS) is 30.9. The van der Waals surface area contributed by atoms with Crippen molar-refractivity contribution in [3.8, 4) is 5.75 Å². The third-order valence-corrected chi connectivity index (χ3v) is 8.91. The minimum Gasteiger partial charge on any atom is -0.494 e. The molecule has 0 saturated carbocycles. The Morgan fingerprint density at radius 1 is 1.10 bits per heavy atom. The number of nitrogens with one attached hydrogen (secondary N) is 2. The van der Waals surface area contributed by atoms with E-state index in [1.807, 2.05) is 13.8 Å². The van der Waals surface area contributed by atoms with E-state index in [-0.39, 0.29) is 30.2 Å². The number of hydrogen-bond donors (Lipinski definition) is 3. The van der Waals surface area contributed by atoms with Crippen LogP contribution in [0, 0.1) is 17.8 Å². The molecule has 1 spiro atoms. The molecule has 0 aromatic heterocycles. The zero-order valence-corrected chi connectivity index (χ0v) is 23.8. The lowest BCUT2D eigenvalue weighted by molar-refractivity contribution is -0.146. The lowest BCUT2D eigenvalue weighted by Crippen LogP contribution is -2.55. The molecule has 2 bridgehead atoms. The van der Waals surface area contributed by atoms with Crippen LogP contribution in [0.5, 0.6) is 5.75 Å². The fourth-order valence-electron chi connectivity index (χ4n) is 6.93. The standard InChI is InChI=1S/C30H45N3O6/c1-5-7-16-31-27(36)25-30-19-20(3)29(4,39-30)23(24(30)28(37)33(25)17-10-8-9-11-18-34)26(35)32-21-12-14-22(15-13-21)38-6-2/h12-15,20,23-25,34H,5-11,16-19H2,1-4H3,(H,31,36)(H,32,35)/t20?,23-,24-,25?,29+,30?/m0/s1. The topological polar surface area (TPSA) is 117 Å². The van der Waals surface area contributed by atoms with Gasteiger partial charge in [0.15, 0.2) is 0 Å². The van der Waals surface area contributed by atoms with Gasteiger partial charge in [0.25, 0.3) is 0 Å². The van der Waals surface area contributed by atoms with Gasteiger partial charge in [-0.2, -0.15) is 0 Å². The number of ether oxygens (including phenoxy) is 2. The molecule has 3 unspecified atom stereocenters. The molecule has 216 valence electrons. The van der Waals surface area contributed by atoms with Gasteiger partial charge in [-0.25, -0.2) is 0 Å². The van der Waals surface area contributed by atoms with Crippen LogP contribution in [0.25, 0.3) is 0 Å². The molecule has 3 N–H and O–H groups in total. The molecule has 3 aliphatic heterocycles. The first-order valence-corrected chi connectivity index (χ1v) is 14.7. The zero-order chi connectivity index (χ0) is 28.2. The Balaban J connectivity index is 1.61. The largest absolute Gasteiger partial charge is 0.494 e. The first kappa shape index (κ1) is 29.3. The predicted octanol–water partition coefficient (Wildman–Crippen LogP) is 3.50. The van der Waals surface area contributed by atoms with Gasteiger partial charge in [-0.3, -0.25) is 14.4 Å². The molecular weight excluding hydrogens is 498 g/mol. The van der Waals surface area contributed by atoms with E-state index < -0.39 is 29.1 Å². The van der Waals surface area contributed by atoms with Crippen molar-refractivity contribution >= 4 is 23.4 Å². The number of anilines is 1. The third-order valence-electron chi connectivity index (χ3n) is 8.91. The van der Waals surface area contributed by atoms with E-state index in [0.717, 1.165) is 37.9 Å². The minimum atomic E-state index is -1.03. The van der Waals surface area contributed by atoms with Gasteiger partial charge in [0.05, 0.1) is 24.0 Å². The average Bonchev–Trinajstić information content (AvgIpc) is 3.42. The highest BCUT2D eigenvalue weighted by Crippen LogP contribution is 2.65. The number of benzene rings is 1. The van der Waals surface area contributed by atoms with Crippen molar-refractivity contribution in [1.82, 2.24) is 10.2 Å². The number of nitrogens with zero attached hydrogens (tertiary/aromatic N) is 1. The molecule has 9 nitrogen and oxygen atoms in total. The maximum atomic E-state index is 14.1. The lowest BCUT2D eigenvalue weighted by atomic mass is 9.62. The van der Waals surface area contributed by atoms with Gasteiger partial charge in [-0.1, -0.05) is 33.1 Å². The van der Waals surface area contributed by atoms with Crippen molar-refractivity contribution in [2.45, 2.75) is 89.9 Å². The van der Waals surface area contributed by atoms with E-state index in [4.69, 9.17) is 14.6 Å². The van der Waals surface area contributed by atoms with Gasteiger partial charge in [0.2, 0.25) is 17.7 Å². The van der Waals surface area contributed by atoms with Crippen LogP contribution in [-0.4, -0.2) is 71.3 Å². The Morgan fingerprint density at radius 2 is 1.82 bits per heavy atom. The van der Waals surface area contributed by atoms with Crippen LogP contribution < -0.4 is 15.4 Å².